The van der Waals surface area contributed by atoms with Crippen LogP contribution in [0.4, 0.5) is 27.6 Å². The van der Waals surface area contributed by atoms with Crippen LogP contribution >= 0.6 is 0 Å². The summed E-state index contributed by atoms with van der Waals surface area (Å²) in [7, 11) is 1.11. The first-order valence-corrected chi connectivity index (χ1v) is 5.04. The molecule has 4 nitrogen and oxygen atoms in total. The Morgan fingerprint density at radius 3 is 1.95 bits per heavy atom. The van der Waals surface area contributed by atoms with E-state index in [1.54, 1.807) is 0 Å². The van der Waals surface area contributed by atoms with Crippen LogP contribution in [0.3, 0.4) is 0 Å². The lowest BCUT2D eigenvalue weighted by atomic mass is 10.2. The maximum Gasteiger partial charge on any atom is 0.463 e. The molecule has 110 valence electrons. The van der Waals surface area contributed by atoms with Gasteiger partial charge in [0.15, 0.2) is 0 Å². The molecule has 20 heavy (non-hydrogen) atoms. The van der Waals surface area contributed by atoms with Crippen LogP contribution in [0.5, 0.6) is 0 Å². The van der Waals surface area contributed by atoms with Gasteiger partial charge in [-0.1, -0.05) is 0 Å². The van der Waals surface area contributed by atoms with Crippen LogP contribution in [0.1, 0.15) is 10.4 Å². The molecular weight excluding hydrogens is 289 g/mol. The summed E-state index contributed by atoms with van der Waals surface area (Å²) in [6.45, 7) is 0. The molecule has 0 saturated heterocycles. The fraction of sp³-hybridized carbons (Fsp3) is 0.273. The third-order valence-corrected chi connectivity index (χ3v) is 2.21. The monoisotopic (exact) mass is 297 g/mol. The predicted octanol–water partition coefficient (Wildman–Crippen LogP) is 2.61. The van der Waals surface area contributed by atoms with E-state index in [2.05, 4.69) is 4.74 Å². The molecule has 0 aliphatic carbocycles. The second-order valence-corrected chi connectivity index (χ2v) is 3.60. The molecule has 0 heterocycles. The SMILES string of the molecule is COC(=O)c1ccc(NC(=O)C(F)(F)C(F)(F)F)cc1. The van der Waals surface area contributed by atoms with Crippen molar-refractivity contribution in [2.24, 2.45) is 0 Å². The molecule has 0 saturated carbocycles. The van der Waals surface area contributed by atoms with Crippen molar-refractivity contribution in [3.05, 3.63) is 29.8 Å². The number of halogens is 5. The highest BCUT2D eigenvalue weighted by Gasteiger charge is 2.63. The molecule has 9 heteroatoms. The minimum Gasteiger partial charge on any atom is -0.465 e. The Morgan fingerprint density at radius 2 is 1.55 bits per heavy atom. The number of carbonyl (C=O) groups excluding carboxylic acids is 2. The first kappa shape index (κ1) is 15.9. The van der Waals surface area contributed by atoms with Gasteiger partial charge in [-0.3, -0.25) is 4.79 Å². The lowest BCUT2D eigenvalue weighted by molar-refractivity contribution is -0.267. The Balaban J connectivity index is 2.85. The molecule has 1 N–H and O–H groups in total. The molecule has 0 atom stereocenters. The van der Waals surface area contributed by atoms with Crippen LogP contribution in [0, 0.1) is 0 Å². The normalized spacial score (nSPS) is 11.9. The van der Waals surface area contributed by atoms with Crippen LogP contribution in [-0.2, 0) is 9.53 Å². The standard InChI is InChI=1S/C11H8F5NO3/c1-20-8(18)6-2-4-7(5-3-6)17-9(19)10(12,13)11(14,15)16/h2-5H,1H3,(H,17,19). The molecule has 0 radical (unpaired) electrons. The fourth-order valence-corrected chi connectivity index (χ4v) is 1.15. The van der Waals surface area contributed by atoms with Crippen LogP contribution in [0.25, 0.3) is 0 Å². The molecule has 1 rings (SSSR count). The summed E-state index contributed by atoms with van der Waals surface area (Å²) < 4.78 is 65.5. The third-order valence-electron chi connectivity index (χ3n) is 2.21. The summed E-state index contributed by atoms with van der Waals surface area (Å²) in [6.07, 6.45) is -5.98. The van der Waals surface area contributed by atoms with Gasteiger partial charge in [0.25, 0.3) is 0 Å². The highest BCUT2D eigenvalue weighted by Crippen LogP contribution is 2.36. The number of rotatable bonds is 3. The van der Waals surface area contributed by atoms with E-state index in [-0.39, 0.29) is 11.3 Å². The van der Waals surface area contributed by atoms with E-state index >= 15 is 0 Å². The molecule has 0 fully saturated rings. The zero-order chi connectivity index (χ0) is 15.6. The average molecular weight is 297 g/mol. The van der Waals surface area contributed by atoms with E-state index in [0.29, 0.717) is 0 Å². The van der Waals surface area contributed by atoms with Gasteiger partial charge in [0.1, 0.15) is 0 Å². The zero-order valence-corrected chi connectivity index (χ0v) is 9.92. The molecular formula is C11H8F5NO3. The number of hydrogen-bond donors (Lipinski definition) is 1. The van der Waals surface area contributed by atoms with Crippen molar-refractivity contribution in [3.63, 3.8) is 0 Å². The van der Waals surface area contributed by atoms with Crippen molar-refractivity contribution in [2.45, 2.75) is 12.1 Å². The molecule has 0 aliphatic heterocycles. The summed E-state index contributed by atoms with van der Waals surface area (Å²) in [5.41, 5.74) is -0.264. The highest BCUT2D eigenvalue weighted by molar-refractivity contribution is 5.97. The summed E-state index contributed by atoms with van der Waals surface area (Å²) in [4.78, 5) is 21.9. The molecule has 1 amide bonds. The van der Waals surface area contributed by atoms with Crippen molar-refractivity contribution >= 4 is 17.6 Å². The number of benzene rings is 1. The highest BCUT2D eigenvalue weighted by atomic mass is 19.4. The van der Waals surface area contributed by atoms with E-state index < -0.39 is 24.0 Å². The molecule has 0 spiro atoms. The molecule has 1 aromatic rings. The quantitative estimate of drug-likeness (QED) is 0.689. The Morgan fingerprint density at radius 1 is 1.05 bits per heavy atom. The van der Waals surface area contributed by atoms with E-state index in [4.69, 9.17) is 0 Å². The number of hydrogen-bond acceptors (Lipinski definition) is 3. The summed E-state index contributed by atoms with van der Waals surface area (Å²) in [5.74, 6) is -8.73. The summed E-state index contributed by atoms with van der Waals surface area (Å²) in [6, 6.07) is 4.20. The lowest BCUT2D eigenvalue weighted by Crippen LogP contribution is -2.47. The van der Waals surface area contributed by atoms with E-state index in [0.717, 1.165) is 31.4 Å². The summed E-state index contributed by atoms with van der Waals surface area (Å²) in [5, 5.41) is 1.41. The lowest BCUT2D eigenvalue weighted by Gasteiger charge is -2.18. The van der Waals surface area contributed by atoms with E-state index in [1.165, 1.54) is 5.32 Å². The first-order chi connectivity index (χ1) is 9.09. The molecule has 0 aliphatic rings. The van der Waals surface area contributed by atoms with E-state index in [9.17, 15) is 31.5 Å². The van der Waals surface area contributed by atoms with Gasteiger partial charge >= 0.3 is 24.0 Å². The summed E-state index contributed by atoms with van der Waals surface area (Å²) >= 11 is 0. The Bertz CT molecular complexity index is 510. The van der Waals surface area contributed by atoms with Crippen molar-refractivity contribution in [1.29, 1.82) is 0 Å². The average Bonchev–Trinajstić information content (AvgIpc) is 2.37. The van der Waals surface area contributed by atoms with Crippen molar-refractivity contribution in [3.8, 4) is 0 Å². The second kappa shape index (κ2) is 5.43. The molecule has 0 aromatic heterocycles. The van der Waals surface area contributed by atoms with Crippen LogP contribution in [0.2, 0.25) is 0 Å². The largest absolute Gasteiger partial charge is 0.465 e. The smallest absolute Gasteiger partial charge is 0.463 e. The Kier molecular flexibility index (Phi) is 4.31. The van der Waals surface area contributed by atoms with Crippen molar-refractivity contribution in [1.82, 2.24) is 0 Å². The van der Waals surface area contributed by atoms with Crippen LogP contribution in [0.15, 0.2) is 24.3 Å². The molecule has 1 aromatic carbocycles. The minimum absolute atomic E-state index is 0.0491. The number of nitrogens with one attached hydrogen (secondary N) is 1. The van der Waals surface area contributed by atoms with Gasteiger partial charge in [-0.2, -0.15) is 22.0 Å². The second-order valence-electron chi connectivity index (χ2n) is 3.60. The fourth-order valence-electron chi connectivity index (χ4n) is 1.15. The number of methoxy groups -OCH3 is 1. The van der Waals surface area contributed by atoms with Gasteiger partial charge in [0, 0.05) is 5.69 Å². The topological polar surface area (TPSA) is 55.4 Å². The van der Waals surface area contributed by atoms with Gasteiger partial charge in [-0.05, 0) is 24.3 Å². The molecule has 0 unspecified atom stereocenters. The maximum atomic E-state index is 12.7. The van der Waals surface area contributed by atoms with Gasteiger partial charge in [0.2, 0.25) is 0 Å². The number of anilines is 1. The number of carbonyl (C=O) groups is 2. The predicted molar refractivity (Wildman–Crippen MR) is 57.4 cm³/mol. The minimum atomic E-state index is -5.98. The first-order valence-electron chi connectivity index (χ1n) is 5.04. The van der Waals surface area contributed by atoms with Crippen molar-refractivity contribution < 1.29 is 36.3 Å². The van der Waals surface area contributed by atoms with Crippen LogP contribution in [-0.4, -0.2) is 31.1 Å². The van der Waals surface area contributed by atoms with Gasteiger partial charge in [0.05, 0.1) is 12.7 Å². The zero-order valence-electron chi connectivity index (χ0n) is 9.92. The van der Waals surface area contributed by atoms with Crippen LogP contribution < -0.4 is 5.32 Å². The maximum absolute atomic E-state index is 12.7. The molecule has 0 bridgehead atoms. The number of amides is 1. The third kappa shape index (κ3) is 3.22. The number of alkyl halides is 5. The Hall–Kier alpha value is -2.19. The van der Waals surface area contributed by atoms with Gasteiger partial charge in [-0.25, -0.2) is 4.79 Å². The Labute approximate surface area is 109 Å². The van der Waals surface area contributed by atoms with Gasteiger partial charge < -0.3 is 10.1 Å². The number of esters is 1. The number of ether oxygens (including phenoxy) is 1. The van der Waals surface area contributed by atoms with Crippen molar-refractivity contribution in [2.75, 3.05) is 12.4 Å². The van der Waals surface area contributed by atoms with Gasteiger partial charge in [-0.15, -0.1) is 0 Å². The van der Waals surface area contributed by atoms with E-state index in [1.807, 2.05) is 0 Å².